The molecule has 0 spiro atoms. The molecule has 1 aromatic rings. The molecule has 1 aromatic heterocycles. The van der Waals surface area contributed by atoms with Crippen LogP contribution >= 0.6 is 15.9 Å². The van der Waals surface area contributed by atoms with Crippen molar-refractivity contribution in [2.75, 3.05) is 0 Å². The summed E-state index contributed by atoms with van der Waals surface area (Å²) in [6.45, 7) is 2.34. The Labute approximate surface area is 125 Å². The third-order valence-corrected chi connectivity index (χ3v) is 5.83. The van der Waals surface area contributed by atoms with Gasteiger partial charge in [0.2, 0.25) is 0 Å². The second-order valence-electron chi connectivity index (χ2n) is 6.43. The maximum absolute atomic E-state index is 4.85. The largest absolute Gasteiger partial charge is 0.245 e. The van der Waals surface area contributed by atoms with Gasteiger partial charge in [0.15, 0.2) is 0 Å². The molecule has 2 aliphatic rings. The van der Waals surface area contributed by atoms with Crippen molar-refractivity contribution in [2.45, 2.75) is 76.0 Å². The normalized spacial score (nSPS) is 23.1. The van der Waals surface area contributed by atoms with Gasteiger partial charge in [0.25, 0.3) is 0 Å². The van der Waals surface area contributed by atoms with Crippen molar-refractivity contribution in [1.82, 2.24) is 4.98 Å². The van der Waals surface area contributed by atoms with Gasteiger partial charge in [-0.05, 0) is 71.6 Å². The molecule has 1 heterocycles. The molecule has 0 unspecified atom stereocenters. The second kappa shape index (κ2) is 5.55. The third kappa shape index (κ3) is 2.61. The summed E-state index contributed by atoms with van der Waals surface area (Å²) in [7, 11) is 0. The van der Waals surface area contributed by atoms with Crippen LogP contribution in [0.25, 0.3) is 0 Å². The molecule has 104 valence electrons. The van der Waals surface area contributed by atoms with E-state index in [2.05, 4.69) is 35.0 Å². The Hall–Kier alpha value is -0.370. The third-order valence-electron chi connectivity index (χ3n) is 5.42. The summed E-state index contributed by atoms with van der Waals surface area (Å²) in [5.74, 6) is 0.786. The lowest BCUT2D eigenvalue weighted by Gasteiger charge is -2.28. The lowest BCUT2D eigenvalue weighted by atomic mass is 9.79. The van der Waals surface area contributed by atoms with Crippen LogP contribution in [0.5, 0.6) is 0 Å². The van der Waals surface area contributed by atoms with Crippen LogP contribution in [-0.2, 0) is 5.41 Å². The molecule has 2 saturated carbocycles. The fraction of sp³-hybridized carbons (Fsp3) is 0.706. The van der Waals surface area contributed by atoms with Gasteiger partial charge in [0.05, 0.1) is 0 Å². The average molecular weight is 322 g/mol. The van der Waals surface area contributed by atoms with E-state index in [0.29, 0.717) is 5.41 Å². The van der Waals surface area contributed by atoms with Crippen LogP contribution in [0, 0.1) is 0 Å². The Bertz CT molecular complexity index is 443. The summed E-state index contributed by atoms with van der Waals surface area (Å²) in [6.07, 6.45) is 12.2. The minimum absolute atomic E-state index is 0.372. The van der Waals surface area contributed by atoms with Gasteiger partial charge in [-0.2, -0.15) is 0 Å². The smallest absolute Gasteiger partial charge is 0.106 e. The van der Waals surface area contributed by atoms with E-state index < -0.39 is 0 Å². The molecule has 0 saturated heterocycles. The molecule has 0 N–H and O–H groups in total. The number of hydrogen-bond acceptors (Lipinski definition) is 1. The van der Waals surface area contributed by atoms with E-state index in [1.54, 1.807) is 0 Å². The molecule has 0 amide bonds. The molecule has 0 aliphatic heterocycles. The number of halogens is 1. The minimum atomic E-state index is 0.372. The number of pyridine rings is 1. The second-order valence-corrected chi connectivity index (χ2v) is 7.24. The predicted octanol–water partition coefficient (Wildman–Crippen LogP) is 5.72. The highest BCUT2D eigenvalue weighted by atomic mass is 79.9. The predicted molar refractivity (Wildman–Crippen MR) is 83.6 cm³/mol. The molecular formula is C17H24BrN. The van der Waals surface area contributed by atoms with Gasteiger partial charge in [-0.15, -0.1) is 0 Å². The van der Waals surface area contributed by atoms with Crippen molar-refractivity contribution >= 4 is 15.9 Å². The first-order valence-electron chi connectivity index (χ1n) is 7.91. The fourth-order valence-corrected chi connectivity index (χ4v) is 4.58. The first-order chi connectivity index (χ1) is 9.23. The van der Waals surface area contributed by atoms with Crippen molar-refractivity contribution in [1.29, 1.82) is 0 Å². The Morgan fingerprint density at radius 3 is 2.47 bits per heavy atom. The van der Waals surface area contributed by atoms with E-state index in [0.717, 1.165) is 10.5 Å². The van der Waals surface area contributed by atoms with Gasteiger partial charge in [-0.1, -0.05) is 32.6 Å². The van der Waals surface area contributed by atoms with E-state index in [1.165, 1.54) is 69.0 Å². The maximum atomic E-state index is 4.85. The van der Waals surface area contributed by atoms with Crippen LogP contribution in [0.2, 0.25) is 0 Å². The van der Waals surface area contributed by atoms with E-state index in [-0.39, 0.29) is 0 Å². The SMILES string of the molecule is CCC1(c2cc(C3CCCC3)cc(Br)n2)CCCC1. The van der Waals surface area contributed by atoms with Crippen LogP contribution in [0.15, 0.2) is 16.7 Å². The fourth-order valence-electron chi connectivity index (χ4n) is 4.13. The molecule has 0 bridgehead atoms. The first kappa shape index (κ1) is 13.6. The molecule has 1 nitrogen and oxygen atoms in total. The molecule has 2 fully saturated rings. The van der Waals surface area contributed by atoms with Gasteiger partial charge in [-0.3, -0.25) is 0 Å². The van der Waals surface area contributed by atoms with E-state index in [4.69, 9.17) is 4.98 Å². The first-order valence-corrected chi connectivity index (χ1v) is 8.71. The molecule has 0 aromatic carbocycles. The summed E-state index contributed by atoms with van der Waals surface area (Å²) in [4.78, 5) is 4.85. The lowest BCUT2D eigenvalue weighted by Crippen LogP contribution is -2.23. The standard InChI is InChI=1S/C17H24BrN/c1-2-17(9-5-6-10-17)15-11-14(12-16(18)19-15)13-7-3-4-8-13/h11-13H,2-10H2,1H3. The summed E-state index contributed by atoms with van der Waals surface area (Å²) in [5.41, 5.74) is 3.27. The molecule has 0 radical (unpaired) electrons. The number of nitrogens with zero attached hydrogens (tertiary/aromatic N) is 1. The van der Waals surface area contributed by atoms with Crippen molar-refractivity contribution < 1.29 is 0 Å². The van der Waals surface area contributed by atoms with Gasteiger partial charge >= 0.3 is 0 Å². The quantitative estimate of drug-likeness (QED) is 0.648. The lowest BCUT2D eigenvalue weighted by molar-refractivity contribution is 0.411. The number of rotatable bonds is 3. The topological polar surface area (TPSA) is 12.9 Å². The van der Waals surface area contributed by atoms with E-state index in [1.807, 2.05) is 0 Å². The average Bonchev–Trinajstić information content (AvgIpc) is 3.10. The van der Waals surface area contributed by atoms with Crippen molar-refractivity contribution in [3.05, 3.63) is 28.0 Å². The van der Waals surface area contributed by atoms with Gasteiger partial charge < -0.3 is 0 Å². The summed E-state index contributed by atoms with van der Waals surface area (Å²) >= 11 is 3.65. The Morgan fingerprint density at radius 1 is 1.16 bits per heavy atom. The van der Waals surface area contributed by atoms with Gasteiger partial charge in [-0.25, -0.2) is 4.98 Å². The van der Waals surface area contributed by atoms with E-state index >= 15 is 0 Å². The molecular weight excluding hydrogens is 298 g/mol. The van der Waals surface area contributed by atoms with E-state index in [9.17, 15) is 0 Å². The van der Waals surface area contributed by atoms with Crippen LogP contribution in [0.4, 0.5) is 0 Å². The molecule has 19 heavy (non-hydrogen) atoms. The van der Waals surface area contributed by atoms with Crippen molar-refractivity contribution in [3.63, 3.8) is 0 Å². The van der Waals surface area contributed by atoms with Crippen LogP contribution in [-0.4, -0.2) is 4.98 Å². The van der Waals surface area contributed by atoms with Crippen LogP contribution in [0.3, 0.4) is 0 Å². The summed E-state index contributed by atoms with van der Waals surface area (Å²) in [5, 5.41) is 0. The Balaban J connectivity index is 1.96. The molecule has 2 aliphatic carbocycles. The Morgan fingerprint density at radius 2 is 1.84 bits per heavy atom. The zero-order chi connectivity index (χ0) is 13.3. The van der Waals surface area contributed by atoms with Crippen molar-refractivity contribution in [3.8, 4) is 0 Å². The molecule has 0 atom stereocenters. The van der Waals surface area contributed by atoms with Gasteiger partial charge in [0, 0.05) is 11.1 Å². The molecule has 2 heteroatoms. The number of aromatic nitrogens is 1. The maximum Gasteiger partial charge on any atom is 0.106 e. The van der Waals surface area contributed by atoms with Crippen molar-refractivity contribution in [2.24, 2.45) is 0 Å². The zero-order valence-corrected chi connectivity index (χ0v) is 13.5. The summed E-state index contributed by atoms with van der Waals surface area (Å²) in [6, 6.07) is 4.70. The highest BCUT2D eigenvalue weighted by molar-refractivity contribution is 9.10. The minimum Gasteiger partial charge on any atom is -0.245 e. The highest BCUT2D eigenvalue weighted by Crippen LogP contribution is 2.44. The van der Waals surface area contributed by atoms with Gasteiger partial charge in [0.1, 0.15) is 4.60 Å². The monoisotopic (exact) mass is 321 g/mol. The van der Waals surface area contributed by atoms with Crippen LogP contribution < -0.4 is 0 Å². The summed E-state index contributed by atoms with van der Waals surface area (Å²) < 4.78 is 1.05. The zero-order valence-electron chi connectivity index (χ0n) is 11.9. The molecule has 3 rings (SSSR count). The number of hydrogen-bond donors (Lipinski definition) is 0. The Kier molecular flexibility index (Phi) is 3.98. The highest BCUT2D eigenvalue weighted by Gasteiger charge is 2.35. The van der Waals surface area contributed by atoms with Crippen LogP contribution in [0.1, 0.15) is 81.9 Å².